The molecule has 2 aliphatic carbocycles. The Labute approximate surface area is 109 Å². The van der Waals surface area contributed by atoms with Gasteiger partial charge in [-0.15, -0.1) is 0 Å². The predicted octanol–water partition coefficient (Wildman–Crippen LogP) is 1.90. The van der Waals surface area contributed by atoms with Crippen LogP contribution >= 0.6 is 0 Å². The molecule has 0 bridgehead atoms. The van der Waals surface area contributed by atoms with Gasteiger partial charge in [0, 0.05) is 6.61 Å². The highest BCUT2D eigenvalue weighted by Crippen LogP contribution is 2.34. The monoisotopic (exact) mass is 256 g/mol. The van der Waals surface area contributed by atoms with Gasteiger partial charge in [-0.05, 0) is 51.4 Å². The van der Waals surface area contributed by atoms with Crippen molar-refractivity contribution in [2.24, 2.45) is 11.8 Å². The minimum absolute atomic E-state index is 0.0337. The molecule has 18 heavy (non-hydrogen) atoms. The van der Waals surface area contributed by atoms with Gasteiger partial charge >= 0.3 is 5.97 Å². The van der Waals surface area contributed by atoms with Crippen molar-refractivity contribution in [1.82, 2.24) is 0 Å². The van der Waals surface area contributed by atoms with E-state index in [9.17, 15) is 9.90 Å². The zero-order valence-electron chi connectivity index (χ0n) is 11.2. The van der Waals surface area contributed by atoms with E-state index in [0.717, 1.165) is 12.5 Å². The molecule has 2 saturated carbocycles. The summed E-state index contributed by atoms with van der Waals surface area (Å²) in [6.07, 6.45) is 5.24. The molecule has 2 aliphatic rings. The van der Waals surface area contributed by atoms with Crippen molar-refractivity contribution in [2.45, 2.75) is 51.0 Å². The molecule has 0 saturated heterocycles. The summed E-state index contributed by atoms with van der Waals surface area (Å²) in [5, 5.41) is 10.4. The Kier molecular flexibility index (Phi) is 4.62. The number of carbonyl (C=O) groups excluding carboxylic acids is 1. The van der Waals surface area contributed by atoms with Gasteiger partial charge in [-0.25, -0.2) is 0 Å². The van der Waals surface area contributed by atoms with Crippen LogP contribution in [0.4, 0.5) is 0 Å². The maximum atomic E-state index is 11.6. The smallest absolute Gasteiger partial charge is 0.308 e. The molecule has 0 aromatic carbocycles. The summed E-state index contributed by atoms with van der Waals surface area (Å²) >= 11 is 0. The lowest BCUT2D eigenvalue weighted by molar-refractivity contribution is -0.152. The largest absolute Gasteiger partial charge is 0.466 e. The van der Waals surface area contributed by atoms with E-state index in [1.165, 1.54) is 12.8 Å². The van der Waals surface area contributed by atoms with E-state index < -0.39 is 5.60 Å². The van der Waals surface area contributed by atoms with E-state index >= 15 is 0 Å². The van der Waals surface area contributed by atoms with E-state index in [-0.39, 0.29) is 11.9 Å². The fraction of sp³-hybridized carbons (Fsp3) is 0.929. The number of hydrogen-bond donors (Lipinski definition) is 1. The van der Waals surface area contributed by atoms with E-state index in [1.807, 2.05) is 6.92 Å². The molecule has 0 aromatic heterocycles. The molecular formula is C14H24O4. The van der Waals surface area contributed by atoms with Crippen LogP contribution in [-0.2, 0) is 14.3 Å². The quantitative estimate of drug-likeness (QED) is 0.737. The van der Waals surface area contributed by atoms with Crippen LogP contribution in [-0.4, -0.2) is 36.5 Å². The highest BCUT2D eigenvalue weighted by molar-refractivity contribution is 5.72. The lowest BCUT2D eigenvalue weighted by Crippen LogP contribution is -2.40. The molecule has 0 aromatic rings. The van der Waals surface area contributed by atoms with Crippen LogP contribution in [0.25, 0.3) is 0 Å². The Morgan fingerprint density at radius 1 is 1.28 bits per heavy atom. The molecule has 2 rings (SSSR count). The Hall–Kier alpha value is -0.610. The zero-order valence-corrected chi connectivity index (χ0v) is 11.2. The Bertz CT molecular complexity index is 278. The number of esters is 1. The van der Waals surface area contributed by atoms with Crippen molar-refractivity contribution in [2.75, 3.05) is 19.8 Å². The van der Waals surface area contributed by atoms with Crippen LogP contribution in [0.1, 0.15) is 45.4 Å². The first-order chi connectivity index (χ1) is 8.63. The molecule has 0 amide bonds. The summed E-state index contributed by atoms with van der Waals surface area (Å²) in [5.41, 5.74) is -0.724. The van der Waals surface area contributed by atoms with Crippen molar-refractivity contribution in [3.8, 4) is 0 Å². The standard InChI is InChI=1S/C14H24O4/c1-2-18-13(15)12-5-7-14(16,8-6-12)10-17-9-11-3-4-11/h11-12,16H,2-10H2,1H3. The fourth-order valence-corrected chi connectivity index (χ4v) is 2.50. The number of rotatable bonds is 6. The summed E-state index contributed by atoms with van der Waals surface area (Å²) < 4.78 is 10.6. The van der Waals surface area contributed by atoms with Crippen molar-refractivity contribution < 1.29 is 19.4 Å². The molecule has 0 aliphatic heterocycles. The molecule has 4 nitrogen and oxygen atoms in total. The zero-order chi connectivity index (χ0) is 13.0. The second-order valence-corrected chi connectivity index (χ2v) is 5.71. The van der Waals surface area contributed by atoms with Crippen LogP contribution in [0.2, 0.25) is 0 Å². The van der Waals surface area contributed by atoms with Crippen molar-refractivity contribution in [3.05, 3.63) is 0 Å². The van der Waals surface area contributed by atoms with E-state index in [1.54, 1.807) is 0 Å². The van der Waals surface area contributed by atoms with Crippen LogP contribution in [0.15, 0.2) is 0 Å². The first-order valence-corrected chi connectivity index (χ1v) is 7.10. The summed E-state index contributed by atoms with van der Waals surface area (Å²) in [4.78, 5) is 11.6. The van der Waals surface area contributed by atoms with Gasteiger partial charge in [0.1, 0.15) is 0 Å². The van der Waals surface area contributed by atoms with Crippen molar-refractivity contribution in [1.29, 1.82) is 0 Å². The van der Waals surface area contributed by atoms with E-state index in [4.69, 9.17) is 9.47 Å². The molecule has 2 fully saturated rings. The first kappa shape index (κ1) is 13.8. The molecule has 0 radical (unpaired) electrons. The van der Waals surface area contributed by atoms with E-state index in [2.05, 4.69) is 0 Å². The molecule has 0 atom stereocenters. The van der Waals surface area contributed by atoms with Gasteiger partial charge < -0.3 is 14.6 Å². The predicted molar refractivity (Wildman–Crippen MR) is 67.1 cm³/mol. The van der Waals surface area contributed by atoms with Gasteiger partial charge in [0.05, 0.1) is 24.7 Å². The molecule has 4 heteroatoms. The molecular weight excluding hydrogens is 232 g/mol. The molecule has 0 spiro atoms. The lowest BCUT2D eigenvalue weighted by atomic mass is 9.79. The number of hydrogen-bond acceptors (Lipinski definition) is 4. The Morgan fingerprint density at radius 2 is 1.94 bits per heavy atom. The SMILES string of the molecule is CCOC(=O)C1CCC(O)(COCC2CC2)CC1. The minimum Gasteiger partial charge on any atom is -0.466 e. The summed E-state index contributed by atoms with van der Waals surface area (Å²) in [7, 11) is 0. The van der Waals surface area contributed by atoms with Gasteiger partial charge in [0.2, 0.25) is 0 Å². The van der Waals surface area contributed by atoms with E-state index in [0.29, 0.717) is 38.9 Å². The second kappa shape index (κ2) is 6.02. The van der Waals surface area contributed by atoms with Crippen LogP contribution in [0.3, 0.4) is 0 Å². The van der Waals surface area contributed by atoms with Crippen LogP contribution in [0.5, 0.6) is 0 Å². The third-order valence-corrected chi connectivity index (χ3v) is 3.96. The highest BCUT2D eigenvalue weighted by Gasteiger charge is 2.37. The number of ether oxygens (including phenoxy) is 2. The van der Waals surface area contributed by atoms with Gasteiger partial charge in [0.25, 0.3) is 0 Å². The van der Waals surface area contributed by atoms with Crippen LogP contribution < -0.4 is 0 Å². The lowest BCUT2D eigenvalue weighted by Gasteiger charge is -2.34. The third kappa shape index (κ3) is 3.95. The second-order valence-electron chi connectivity index (χ2n) is 5.71. The third-order valence-electron chi connectivity index (χ3n) is 3.96. The van der Waals surface area contributed by atoms with Crippen LogP contribution in [0, 0.1) is 11.8 Å². The Morgan fingerprint density at radius 3 is 2.50 bits per heavy atom. The topological polar surface area (TPSA) is 55.8 Å². The molecule has 104 valence electrons. The van der Waals surface area contributed by atoms with Crippen molar-refractivity contribution >= 4 is 5.97 Å². The number of carbonyl (C=O) groups is 1. The van der Waals surface area contributed by atoms with Gasteiger partial charge in [-0.2, -0.15) is 0 Å². The summed E-state index contributed by atoms with van der Waals surface area (Å²) in [6, 6.07) is 0. The maximum Gasteiger partial charge on any atom is 0.308 e. The highest BCUT2D eigenvalue weighted by atomic mass is 16.5. The van der Waals surface area contributed by atoms with Gasteiger partial charge in [-0.3, -0.25) is 4.79 Å². The summed E-state index contributed by atoms with van der Waals surface area (Å²) in [5.74, 6) is 0.580. The minimum atomic E-state index is -0.724. The number of aliphatic hydroxyl groups is 1. The average Bonchev–Trinajstić information content (AvgIpc) is 3.14. The summed E-state index contributed by atoms with van der Waals surface area (Å²) in [6.45, 7) is 3.45. The molecule has 0 heterocycles. The fourth-order valence-electron chi connectivity index (χ4n) is 2.50. The maximum absolute atomic E-state index is 11.6. The average molecular weight is 256 g/mol. The first-order valence-electron chi connectivity index (χ1n) is 7.10. The van der Waals surface area contributed by atoms with Crippen molar-refractivity contribution in [3.63, 3.8) is 0 Å². The molecule has 1 N–H and O–H groups in total. The molecule has 0 unspecified atom stereocenters. The van der Waals surface area contributed by atoms with Gasteiger partial charge in [0.15, 0.2) is 0 Å². The normalized spacial score (nSPS) is 32.2. The Balaban J connectivity index is 1.68. The van der Waals surface area contributed by atoms with Gasteiger partial charge in [-0.1, -0.05) is 0 Å².